The molecule has 1 aliphatic carbocycles. The second-order valence-corrected chi connectivity index (χ2v) is 12.9. The zero-order chi connectivity index (χ0) is 29.8. The number of anilines is 1. The molecule has 4 N–H and O–H groups in total. The highest BCUT2D eigenvalue weighted by Crippen LogP contribution is 2.39. The molecule has 3 unspecified atom stereocenters. The van der Waals surface area contributed by atoms with Crippen LogP contribution in [-0.2, 0) is 16.6 Å². The molecule has 6 rings (SSSR count). The fourth-order valence-electron chi connectivity index (χ4n) is 6.30. The van der Waals surface area contributed by atoms with Crippen LogP contribution < -0.4 is 5.73 Å². The van der Waals surface area contributed by atoms with Crippen LogP contribution in [0.1, 0.15) is 64.1 Å². The lowest BCUT2D eigenvalue weighted by Crippen LogP contribution is -2.52. The monoisotopic (exact) mass is 585 g/mol. The number of halogens is 3. The molecule has 2 aliphatic rings. The first-order valence-corrected chi connectivity index (χ1v) is 14.5. The van der Waals surface area contributed by atoms with Crippen molar-refractivity contribution in [1.82, 2.24) is 29.4 Å². The number of rotatable bonds is 8. The Labute approximate surface area is 242 Å². The van der Waals surface area contributed by atoms with Crippen molar-refractivity contribution in [2.45, 2.75) is 88.9 Å². The van der Waals surface area contributed by atoms with Crippen LogP contribution in [0.15, 0.2) is 36.8 Å². The number of nitrogens with one attached hydrogen (secondary N) is 1. The molecule has 0 radical (unpaired) electrons. The summed E-state index contributed by atoms with van der Waals surface area (Å²) in [6.07, 6.45) is -0.227. The highest BCUT2D eigenvalue weighted by molar-refractivity contribution is 5.86. The first-order valence-electron chi connectivity index (χ1n) is 14.5. The highest BCUT2D eigenvalue weighted by Gasteiger charge is 2.43. The highest BCUT2D eigenvalue weighted by atomic mass is 19.4. The van der Waals surface area contributed by atoms with Crippen molar-refractivity contribution in [1.29, 1.82) is 0 Å². The molecule has 0 amide bonds. The first-order chi connectivity index (χ1) is 19.8. The minimum absolute atomic E-state index is 0.00453. The molecule has 0 spiro atoms. The molecule has 1 saturated heterocycles. The van der Waals surface area contributed by atoms with Crippen LogP contribution in [0.25, 0.3) is 22.1 Å². The zero-order valence-corrected chi connectivity index (χ0v) is 24.1. The van der Waals surface area contributed by atoms with Gasteiger partial charge >= 0.3 is 6.18 Å². The van der Waals surface area contributed by atoms with E-state index in [0.717, 1.165) is 29.7 Å². The topological polar surface area (TPSA) is 118 Å². The Bertz CT molecular complexity index is 1550. The summed E-state index contributed by atoms with van der Waals surface area (Å²) in [6.45, 7) is 5.50. The summed E-state index contributed by atoms with van der Waals surface area (Å²) in [5.74, 6) is 1.56. The zero-order valence-electron chi connectivity index (χ0n) is 24.1. The molecule has 42 heavy (non-hydrogen) atoms. The van der Waals surface area contributed by atoms with Crippen molar-refractivity contribution in [2.24, 2.45) is 5.92 Å². The summed E-state index contributed by atoms with van der Waals surface area (Å²) >= 11 is 0. The summed E-state index contributed by atoms with van der Waals surface area (Å²) < 4.78 is 48.6. The number of nitrogens with two attached hydrogens (primary N) is 1. The third kappa shape index (κ3) is 5.97. The lowest BCUT2D eigenvalue weighted by Gasteiger charge is -2.44. The fraction of sp³-hybridized carbons (Fsp3) is 0.567. The number of benzene rings is 1. The van der Waals surface area contributed by atoms with Gasteiger partial charge in [-0.15, -0.1) is 0 Å². The number of aromatic amines is 1. The molecular weight excluding hydrogens is 547 g/mol. The predicted molar refractivity (Wildman–Crippen MR) is 154 cm³/mol. The van der Waals surface area contributed by atoms with Crippen LogP contribution in [-0.4, -0.2) is 72.0 Å². The van der Waals surface area contributed by atoms with E-state index in [1.807, 2.05) is 6.07 Å². The molecule has 1 aliphatic heterocycles. The molecule has 2 fully saturated rings. The standard InChI is InChI=1S/C30H38F3N7O2/c1-29(2,3)18-5-6-21-22(12-18)38-25(37-21)7-4-17-10-19(11-17)39(15-30(31,32)33)14-24-23(41)13-26(42-24)40-9-8-20-27(34)35-16-36-28(20)40/h5-6,8-9,12,16-17,19,23-24,26,41H,4,7,10-11,13-15H2,1-3H3,(H,37,38)(H2,34,35,36). The van der Waals surface area contributed by atoms with Crippen LogP contribution in [0.5, 0.6) is 0 Å². The van der Waals surface area contributed by atoms with Crippen LogP contribution in [0, 0.1) is 5.92 Å². The Hall–Kier alpha value is -3.22. The number of ether oxygens (including phenoxy) is 1. The molecule has 226 valence electrons. The van der Waals surface area contributed by atoms with E-state index in [1.54, 1.807) is 16.8 Å². The smallest absolute Gasteiger partial charge is 0.390 e. The van der Waals surface area contributed by atoms with Crippen molar-refractivity contribution in [3.63, 3.8) is 0 Å². The maximum atomic E-state index is 13.6. The van der Waals surface area contributed by atoms with Gasteiger partial charge in [0.2, 0.25) is 0 Å². The second-order valence-electron chi connectivity index (χ2n) is 12.9. The van der Waals surface area contributed by atoms with Crippen molar-refractivity contribution < 1.29 is 23.0 Å². The largest absolute Gasteiger partial charge is 0.401 e. The van der Waals surface area contributed by atoms with Crippen LogP contribution in [0.2, 0.25) is 0 Å². The normalized spacial score (nSPS) is 25.1. The van der Waals surface area contributed by atoms with Crippen LogP contribution in [0.4, 0.5) is 19.0 Å². The number of nitrogen functional groups attached to an aromatic ring is 1. The van der Waals surface area contributed by atoms with E-state index >= 15 is 0 Å². The van der Waals surface area contributed by atoms with E-state index in [4.69, 9.17) is 15.5 Å². The second kappa shape index (κ2) is 10.8. The number of hydrogen-bond acceptors (Lipinski definition) is 7. The van der Waals surface area contributed by atoms with Gasteiger partial charge in [0.25, 0.3) is 0 Å². The van der Waals surface area contributed by atoms with Crippen molar-refractivity contribution in [3.05, 3.63) is 48.2 Å². The van der Waals surface area contributed by atoms with E-state index in [2.05, 4.69) is 47.9 Å². The number of H-pyrrole nitrogens is 1. The van der Waals surface area contributed by atoms with Gasteiger partial charge in [0.1, 0.15) is 29.8 Å². The summed E-state index contributed by atoms with van der Waals surface area (Å²) in [7, 11) is 0. The predicted octanol–water partition coefficient (Wildman–Crippen LogP) is 5.11. The number of hydrogen-bond donors (Lipinski definition) is 3. The Morgan fingerprint density at radius 1 is 1.14 bits per heavy atom. The SMILES string of the molecule is CC(C)(C)c1ccc2nc(CCC3CC(N(CC4OC(n5ccc6c(N)ncnc65)CC4O)CC(F)(F)F)C3)[nH]c2c1. The van der Waals surface area contributed by atoms with Crippen molar-refractivity contribution >= 4 is 27.9 Å². The maximum Gasteiger partial charge on any atom is 0.401 e. The van der Waals surface area contributed by atoms with Crippen molar-refractivity contribution in [3.8, 4) is 0 Å². The van der Waals surface area contributed by atoms with Gasteiger partial charge in [0.15, 0.2) is 0 Å². The lowest BCUT2D eigenvalue weighted by molar-refractivity contribution is -0.163. The number of imidazole rings is 1. The molecule has 12 heteroatoms. The van der Waals surface area contributed by atoms with E-state index in [-0.39, 0.29) is 24.4 Å². The molecule has 0 bridgehead atoms. The van der Waals surface area contributed by atoms with Gasteiger partial charge in [-0.25, -0.2) is 15.0 Å². The number of nitrogens with zero attached hydrogens (tertiary/aromatic N) is 5. The van der Waals surface area contributed by atoms with Gasteiger partial charge in [-0.2, -0.15) is 13.2 Å². The van der Waals surface area contributed by atoms with Gasteiger partial charge in [-0.3, -0.25) is 4.90 Å². The number of aromatic nitrogens is 5. The third-order valence-corrected chi connectivity index (χ3v) is 8.76. The third-order valence-electron chi connectivity index (χ3n) is 8.76. The number of aryl methyl sites for hydroxylation is 1. The van der Waals surface area contributed by atoms with Crippen LogP contribution in [0.3, 0.4) is 0 Å². The molecule has 4 heterocycles. The summed E-state index contributed by atoms with van der Waals surface area (Å²) in [5.41, 5.74) is 9.72. The van der Waals surface area contributed by atoms with Crippen LogP contribution >= 0.6 is 0 Å². The lowest BCUT2D eigenvalue weighted by atomic mass is 9.76. The van der Waals surface area contributed by atoms with Crippen molar-refractivity contribution in [2.75, 3.05) is 18.8 Å². The van der Waals surface area contributed by atoms with E-state index < -0.39 is 31.2 Å². The Morgan fingerprint density at radius 3 is 2.67 bits per heavy atom. The molecule has 3 atom stereocenters. The molecule has 3 aromatic heterocycles. The Balaban J connectivity index is 1.06. The maximum absolute atomic E-state index is 13.6. The average Bonchev–Trinajstić information content (AvgIpc) is 3.58. The van der Waals surface area contributed by atoms with E-state index in [1.165, 1.54) is 16.8 Å². The van der Waals surface area contributed by atoms with E-state index in [0.29, 0.717) is 35.6 Å². The van der Waals surface area contributed by atoms with Gasteiger partial charge in [0.05, 0.1) is 35.2 Å². The Morgan fingerprint density at radius 2 is 1.93 bits per heavy atom. The van der Waals surface area contributed by atoms with Gasteiger partial charge in [0, 0.05) is 31.6 Å². The van der Waals surface area contributed by atoms with Gasteiger partial charge in [-0.05, 0) is 54.4 Å². The molecule has 1 aromatic carbocycles. The minimum Gasteiger partial charge on any atom is -0.390 e. The number of alkyl halides is 3. The molecular formula is C30H38F3N7O2. The average molecular weight is 586 g/mol. The summed E-state index contributed by atoms with van der Waals surface area (Å²) in [4.78, 5) is 17.9. The quantitative estimate of drug-likeness (QED) is 0.263. The van der Waals surface area contributed by atoms with E-state index in [9.17, 15) is 18.3 Å². The Kier molecular flexibility index (Phi) is 7.43. The van der Waals surface area contributed by atoms with Gasteiger partial charge < -0.3 is 25.1 Å². The summed E-state index contributed by atoms with van der Waals surface area (Å²) in [6, 6.07) is 7.85. The first kappa shape index (κ1) is 28.9. The number of fused-ring (bicyclic) bond motifs is 2. The summed E-state index contributed by atoms with van der Waals surface area (Å²) in [5, 5.41) is 11.4. The molecule has 1 saturated carbocycles. The number of aliphatic hydroxyl groups excluding tert-OH is 1. The fourth-order valence-corrected chi connectivity index (χ4v) is 6.30. The number of aliphatic hydroxyl groups is 1. The van der Waals surface area contributed by atoms with Gasteiger partial charge in [-0.1, -0.05) is 26.8 Å². The molecule has 9 nitrogen and oxygen atoms in total. The molecule has 4 aromatic rings. The minimum atomic E-state index is -4.35.